The molecule has 2 rings (SSSR count). The van der Waals surface area contributed by atoms with E-state index in [1.807, 2.05) is 0 Å². The molecule has 1 N–H and O–H groups in total. The first-order valence-electron chi connectivity index (χ1n) is 6.86. The van der Waals surface area contributed by atoms with Gasteiger partial charge >= 0.3 is 0 Å². The minimum absolute atomic E-state index is 0.129. The fourth-order valence-corrected chi connectivity index (χ4v) is 3.76. The Balaban J connectivity index is 1.90. The topological polar surface area (TPSA) is 29.5 Å². The van der Waals surface area contributed by atoms with Crippen molar-refractivity contribution in [2.75, 3.05) is 6.61 Å². The van der Waals surface area contributed by atoms with E-state index < -0.39 is 0 Å². The summed E-state index contributed by atoms with van der Waals surface area (Å²) < 4.78 is 5.57. The van der Waals surface area contributed by atoms with Gasteiger partial charge in [-0.3, -0.25) is 0 Å². The van der Waals surface area contributed by atoms with E-state index in [9.17, 15) is 5.11 Å². The maximum Gasteiger partial charge on any atom is 0.0619 e. The van der Waals surface area contributed by atoms with Gasteiger partial charge in [0, 0.05) is 5.92 Å². The molecule has 0 aromatic carbocycles. The van der Waals surface area contributed by atoms with Gasteiger partial charge in [-0.15, -0.1) is 0 Å². The molecule has 1 aliphatic heterocycles. The summed E-state index contributed by atoms with van der Waals surface area (Å²) >= 11 is 0. The molecule has 2 heteroatoms. The molecule has 0 aromatic rings. The van der Waals surface area contributed by atoms with Gasteiger partial charge in [0.2, 0.25) is 0 Å². The van der Waals surface area contributed by atoms with Gasteiger partial charge in [0.05, 0.1) is 18.8 Å². The predicted octanol–water partition coefficient (Wildman–Crippen LogP) is 2.84. The molecule has 0 spiro atoms. The van der Waals surface area contributed by atoms with Crippen LogP contribution in [0.5, 0.6) is 0 Å². The van der Waals surface area contributed by atoms with Crippen molar-refractivity contribution in [1.82, 2.24) is 0 Å². The Labute approximate surface area is 99.4 Å². The van der Waals surface area contributed by atoms with Crippen molar-refractivity contribution in [2.45, 2.75) is 58.7 Å². The lowest BCUT2D eigenvalue weighted by atomic mass is 9.72. The number of aliphatic hydroxyl groups is 1. The summed E-state index contributed by atoms with van der Waals surface area (Å²) in [5.41, 5.74) is 0. The average Bonchev–Trinajstić information content (AvgIpc) is 2.62. The first kappa shape index (κ1) is 12.4. The summed E-state index contributed by atoms with van der Waals surface area (Å²) in [5, 5.41) is 10.4. The molecule has 5 unspecified atom stereocenters. The molecule has 0 amide bonds. The molecule has 16 heavy (non-hydrogen) atoms. The Kier molecular flexibility index (Phi) is 3.91. The highest BCUT2D eigenvalue weighted by molar-refractivity contribution is 4.86. The van der Waals surface area contributed by atoms with Crippen LogP contribution >= 0.6 is 0 Å². The van der Waals surface area contributed by atoms with Crippen molar-refractivity contribution < 1.29 is 9.84 Å². The summed E-state index contributed by atoms with van der Waals surface area (Å²) in [7, 11) is 0. The van der Waals surface area contributed by atoms with Crippen LogP contribution in [0.25, 0.3) is 0 Å². The third-order valence-corrected chi connectivity index (χ3v) is 4.41. The monoisotopic (exact) mass is 226 g/mol. The molecule has 1 aliphatic carbocycles. The summed E-state index contributed by atoms with van der Waals surface area (Å²) in [4.78, 5) is 0. The van der Waals surface area contributed by atoms with Crippen LogP contribution in [0.3, 0.4) is 0 Å². The molecule has 0 aromatic heterocycles. The van der Waals surface area contributed by atoms with Crippen LogP contribution in [0.1, 0.15) is 46.5 Å². The molecule has 2 fully saturated rings. The Morgan fingerprint density at radius 2 is 1.56 bits per heavy atom. The summed E-state index contributed by atoms with van der Waals surface area (Å²) in [6.45, 7) is 7.52. The van der Waals surface area contributed by atoms with E-state index in [2.05, 4.69) is 20.8 Å². The van der Waals surface area contributed by atoms with Crippen LogP contribution in [-0.2, 0) is 4.74 Å². The van der Waals surface area contributed by atoms with Crippen LogP contribution in [-0.4, -0.2) is 23.9 Å². The van der Waals surface area contributed by atoms with Crippen LogP contribution in [0.4, 0.5) is 0 Å². The van der Waals surface area contributed by atoms with Gasteiger partial charge in [0.1, 0.15) is 0 Å². The van der Waals surface area contributed by atoms with Crippen molar-refractivity contribution in [3.8, 4) is 0 Å². The smallest absolute Gasteiger partial charge is 0.0619 e. The van der Waals surface area contributed by atoms with Gasteiger partial charge in [-0.05, 0) is 50.4 Å². The van der Waals surface area contributed by atoms with E-state index in [0.29, 0.717) is 17.9 Å². The molecular formula is C14H26O2. The van der Waals surface area contributed by atoms with E-state index in [1.54, 1.807) is 0 Å². The molecule has 1 heterocycles. The number of ether oxygens (including phenoxy) is 1. The lowest BCUT2D eigenvalue weighted by Crippen LogP contribution is -2.34. The van der Waals surface area contributed by atoms with Crippen molar-refractivity contribution in [3.05, 3.63) is 0 Å². The highest BCUT2D eigenvalue weighted by Gasteiger charge is 2.36. The molecule has 0 bridgehead atoms. The molecule has 1 saturated heterocycles. The number of hydrogen-bond acceptors (Lipinski definition) is 2. The van der Waals surface area contributed by atoms with Gasteiger partial charge < -0.3 is 9.84 Å². The van der Waals surface area contributed by atoms with Gasteiger partial charge in [0.25, 0.3) is 0 Å². The van der Waals surface area contributed by atoms with E-state index in [-0.39, 0.29) is 6.10 Å². The third kappa shape index (κ3) is 2.78. The number of hydrogen-bond donors (Lipinski definition) is 1. The quantitative estimate of drug-likeness (QED) is 0.784. The minimum atomic E-state index is -0.129. The van der Waals surface area contributed by atoms with Gasteiger partial charge in [-0.2, -0.15) is 0 Å². The minimum Gasteiger partial charge on any atom is -0.392 e. The zero-order valence-corrected chi connectivity index (χ0v) is 10.9. The van der Waals surface area contributed by atoms with Gasteiger partial charge in [0.15, 0.2) is 0 Å². The zero-order valence-electron chi connectivity index (χ0n) is 10.9. The van der Waals surface area contributed by atoms with Crippen LogP contribution in [0.2, 0.25) is 0 Å². The first-order chi connectivity index (χ1) is 7.56. The fraction of sp³-hybridized carbons (Fsp3) is 1.00. The van der Waals surface area contributed by atoms with Crippen molar-refractivity contribution in [1.29, 1.82) is 0 Å². The van der Waals surface area contributed by atoms with E-state index in [0.717, 1.165) is 24.9 Å². The molecule has 2 aliphatic rings. The Morgan fingerprint density at radius 1 is 0.938 bits per heavy atom. The first-order valence-corrected chi connectivity index (χ1v) is 6.86. The second kappa shape index (κ2) is 5.05. The van der Waals surface area contributed by atoms with Gasteiger partial charge in [-0.25, -0.2) is 0 Å². The molecule has 0 radical (unpaired) electrons. The molecule has 94 valence electrons. The molecular weight excluding hydrogens is 200 g/mol. The molecule has 1 saturated carbocycles. The number of aliphatic hydroxyl groups excluding tert-OH is 1. The summed E-state index contributed by atoms with van der Waals surface area (Å²) in [6, 6.07) is 0. The Bertz CT molecular complexity index is 219. The maximum atomic E-state index is 10.4. The third-order valence-electron chi connectivity index (χ3n) is 4.41. The standard InChI is InChI=1S/C14H26O2/c1-9-4-10(2)6-12(5-9)14(15)13-7-11(3)16-8-13/h9-15H,4-8H2,1-3H3. The second-order valence-electron chi connectivity index (χ2n) is 6.31. The van der Waals surface area contributed by atoms with E-state index in [4.69, 9.17) is 4.74 Å². The zero-order chi connectivity index (χ0) is 11.7. The highest BCUT2D eigenvalue weighted by Crippen LogP contribution is 2.38. The highest BCUT2D eigenvalue weighted by atomic mass is 16.5. The normalized spacial score (nSPS) is 46.9. The second-order valence-corrected chi connectivity index (χ2v) is 6.31. The van der Waals surface area contributed by atoms with Crippen LogP contribution in [0.15, 0.2) is 0 Å². The summed E-state index contributed by atoms with van der Waals surface area (Å²) in [5.74, 6) is 2.46. The number of rotatable bonds is 2. The lowest BCUT2D eigenvalue weighted by molar-refractivity contribution is 0.00833. The Morgan fingerprint density at radius 3 is 2.06 bits per heavy atom. The van der Waals surface area contributed by atoms with E-state index in [1.165, 1.54) is 19.3 Å². The Hall–Kier alpha value is -0.0800. The maximum absolute atomic E-state index is 10.4. The van der Waals surface area contributed by atoms with Crippen molar-refractivity contribution >= 4 is 0 Å². The van der Waals surface area contributed by atoms with Crippen molar-refractivity contribution in [3.63, 3.8) is 0 Å². The van der Waals surface area contributed by atoms with E-state index >= 15 is 0 Å². The average molecular weight is 226 g/mol. The van der Waals surface area contributed by atoms with Crippen molar-refractivity contribution in [2.24, 2.45) is 23.7 Å². The van der Waals surface area contributed by atoms with Crippen LogP contribution < -0.4 is 0 Å². The SMILES string of the molecule is CC1CC(C)CC(C(O)C2COC(C)C2)C1. The predicted molar refractivity (Wildman–Crippen MR) is 65.2 cm³/mol. The molecule has 2 nitrogen and oxygen atoms in total. The molecule has 5 atom stereocenters. The largest absolute Gasteiger partial charge is 0.392 e. The fourth-order valence-electron chi connectivity index (χ4n) is 3.76. The van der Waals surface area contributed by atoms with Gasteiger partial charge in [-0.1, -0.05) is 13.8 Å². The lowest BCUT2D eigenvalue weighted by Gasteiger charge is -2.36. The van der Waals surface area contributed by atoms with Crippen LogP contribution in [0, 0.1) is 23.7 Å². The summed E-state index contributed by atoms with van der Waals surface area (Å²) in [6.07, 6.45) is 5.00.